The summed E-state index contributed by atoms with van der Waals surface area (Å²) in [5, 5.41) is 11.3. The summed E-state index contributed by atoms with van der Waals surface area (Å²) in [5.41, 5.74) is 3.86. The van der Waals surface area contributed by atoms with Crippen molar-refractivity contribution in [1.82, 2.24) is 4.57 Å². The third-order valence-corrected chi connectivity index (χ3v) is 4.01. The monoisotopic (exact) mass is 280 g/mol. The number of aromatic nitrogens is 1. The van der Waals surface area contributed by atoms with E-state index in [2.05, 4.69) is 12.1 Å². The van der Waals surface area contributed by atoms with E-state index in [-0.39, 0.29) is 0 Å². The molecule has 0 atom stereocenters. The van der Waals surface area contributed by atoms with Crippen LogP contribution in [0, 0.1) is 11.3 Å². The van der Waals surface area contributed by atoms with Crippen molar-refractivity contribution in [1.29, 1.82) is 5.26 Å². The Morgan fingerprint density at radius 1 is 1.10 bits per heavy atom. The average Bonchev–Trinajstić information content (AvgIpc) is 2.74. The van der Waals surface area contributed by atoms with Gasteiger partial charge in [0.1, 0.15) is 11.8 Å². The summed E-state index contributed by atoms with van der Waals surface area (Å²) in [6.45, 7) is 0. The Labute approximate surface area is 122 Å². The number of halogens is 1. The number of para-hydroxylation sites is 1. The van der Waals surface area contributed by atoms with E-state index in [1.807, 2.05) is 54.1 Å². The molecule has 20 heavy (non-hydrogen) atoms. The molecule has 2 aromatic carbocycles. The summed E-state index contributed by atoms with van der Waals surface area (Å²) < 4.78 is 1.95. The second kappa shape index (κ2) is 5.03. The van der Waals surface area contributed by atoms with E-state index >= 15 is 0 Å². The zero-order chi connectivity index (χ0) is 14.1. The topological polar surface area (TPSA) is 28.7 Å². The largest absolute Gasteiger partial charge is 0.335 e. The summed E-state index contributed by atoms with van der Waals surface area (Å²) in [7, 11) is 1.93. The SMILES string of the molecule is Cn1c(C#N)c(Cc2ccccc2Cl)c2ccccc21. The molecule has 0 amide bonds. The fourth-order valence-electron chi connectivity index (χ4n) is 2.63. The molecule has 0 N–H and O–H groups in total. The van der Waals surface area contributed by atoms with Gasteiger partial charge in [-0.1, -0.05) is 48.0 Å². The van der Waals surface area contributed by atoms with E-state index in [1.54, 1.807) is 0 Å². The molecule has 0 fully saturated rings. The van der Waals surface area contributed by atoms with Crippen LogP contribution in [0.5, 0.6) is 0 Å². The number of benzene rings is 2. The molecule has 3 heteroatoms. The van der Waals surface area contributed by atoms with Gasteiger partial charge in [-0.3, -0.25) is 0 Å². The van der Waals surface area contributed by atoms with Crippen molar-refractivity contribution in [2.45, 2.75) is 6.42 Å². The van der Waals surface area contributed by atoms with Crippen molar-refractivity contribution in [3.63, 3.8) is 0 Å². The Morgan fingerprint density at radius 3 is 2.55 bits per heavy atom. The highest BCUT2D eigenvalue weighted by molar-refractivity contribution is 6.31. The Hall–Kier alpha value is -2.24. The summed E-state index contributed by atoms with van der Waals surface area (Å²) in [6, 6.07) is 18.2. The predicted octanol–water partition coefficient (Wildman–Crippen LogP) is 4.29. The minimum atomic E-state index is 0.671. The lowest BCUT2D eigenvalue weighted by Gasteiger charge is -2.04. The fraction of sp³-hybridized carbons (Fsp3) is 0.118. The molecule has 0 spiro atoms. The van der Waals surface area contributed by atoms with Gasteiger partial charge < -0.3 is 4.57 Å². The number of rotatable bonds is 2. The molecule has 0 saturated carbocycles. The maximum Gasteiger partial charge on any atom is 0.124 e. The van der Waals surface area contributed by atoms with Crippen LogP contribution in [0.3, 0.4) is 0 Å². The van der Waals surface area contributed by atoms with E-state index in [0.29, 0.717) is 12.1 Å². The number of fused-ring (bicyclic) bond motifs is 1. The molecule has 1 heterocycles. The van der Waals surface area contributed by atoms with Crippen molar-refractivity contribution >= 4 is 22.5 Å². The van der Waals surface area contributed by atoms with Gasteiger partial charge in [0, 0.05) is 35.0 Å². The van der Waals surface area contributed by atoms with E-state index in [0.717, 1.165) is 27.1 Å². The zero-order valence-electron chi connectivity index (χ0n) is 11.1. The van der Waals surface area contributed by atoms with Gasteiger partial charge in [0.25, 0.3) is 0 Å². The lowest BCUT2D eigenvalue weighted by molar-refractivity contribution is 0.934. The van der Waals surface area contributed by atoms with Crippen LogP contribution in [0.1, 0.15) is 16.8 Å². The first kappa shape index (κ1) is 12.8. The summed E-state index contributed by atoms with van der Waals surface area (Å²) in [5.74, 6) is 0. The molecule has 1 aromatic heterocycles. The van der Waals surface area contributed by atoms with Crippen LogP contribution in [0.2, 0.25) is 5.02 Å². The average molecular weight is 281 g/mol. The standard InChI is InChI=1S/C17H13ClN2/c1-20-16-9-5-3-7-13(16)14(17(20)11-19)10-12-6-2-4-8-15(12)18/h2-9H,10H2,1H3. The molecule has 0 radical (unpaired) electrons. The van der Waals surface area contributed by atoms with Crippen LogP contribution in [0.25, 0.3) is 10.9 Å². The number of hydrogen-bond acceptors (Lipinski definition) is 1. The van der Waals surface area contributed by atoms with Crippen molar-refractivity contribution in [2.75, 3.05) is 0 Å². The van der Waals surface area contributed by atoms with Gasteiger partial charge in [-0.15, -0.1) is 0 Å². The molecular weight excluding hydrogens is 268 g/mol. The molecule has 0 bridgehead atoms. The normalized spacial score (nSPS) is 10.7. The van der Waals surface area contributed by atoms with Gasteiger partial charge in [0.15, 0.2) is 0 Å². The van der Waals surface area contributed by atoms with Crippen LogP contribution >= 0.6 is 11.6 Å². The van der Waals surface area contributed by atoms with E-state index in [9.17, 15) is 5.26 Å². The smallest absolute Gasteiger partial charge is 0.124 e. The third kappa shape index (κ3) is 1.97. The van der Waals surface area contributed by atoms with Gasteiger partial charge in [-0.05, 0) is 17.7 Å². The van der Waals surface area contributed by atoms with Gasteiger partial charge in [-0.25, -0.2) is 0 Å². The van der Waals surface area contributed by atoms with Crippen LogP contribution in [0.15, 0.2) is 48.5 Å². The van der Waals surface area contributed by atoms with Crippen LogP contribution < -0.4 is 0 Å². The fourth-order valence-corrected chi connectivity index (χ4v) is 2.83. The van der Waals surface area contributed by atoms with Crippen LogP contribution in [0.4, 0.5) is 0 Å². The predicted molar refractivity (Wildman–Crippen MR) is 81.9 cm³/mol. The van der Waals surface area contributed by atoms with Gasteiger partial charge >= 0.3 is 0 Å². The second-order valence-electron chi connectivity index (χ2n) is 4.78. The molecule has 0 aliphatic carbocycles. The van der Waals surface area contributed by atoms with Crippen molar-refractivity contribution in [3.05, 3.63) is 70.4 Å². The molecule has 2 nitrogen and oxygen atoms in total. The van der Waals surface area contributed by atoms with E-state index in [4.69, 9.17) is 11.6 Å². The van der Waals surface area contributed by atoms with Gasteiger partial charge in [0.05, 0.1) is 0 Å². The number of nitriles is 1. The maximum atomic E-state index is 9.44. The zero-order valence-corrected chi connectivity index (χ0v) is 11.9. The van der Waals surface area contributed by atoms with Crippen molar-refractivity contribution in [3.8, 4) is 6.07 Å². The lowest BCUT2D eigenvalue weighted by Crippen LogP contribution is -1.95. The van der Waals surface area contributed by atoms with Crippen LogP contribution in [-0.2, 0) is 13.5 Å². The molecule has 3 rings (SSSR count). The van der Waals surface area contributed by atoms with E-state index < -0.39 is 0 Å². The second-order valence-corrected chi connectivity index (χ2v) is 5.19. The first-order chi connectivity index (χ1) is 9.72. The minimum Gasteiger partial charge on any atom is -0.335 e. The molecule has 0 saturated heterocycles. The molecule has 98 valence electrons. The Morgan fingerprint density at radius 2 is 1.80 bits per heavy atom. The Kier molecular flexibility index (Phi) is 3.22. The number of hydrogen-bond donors (Lipinski definition) is 0. The Bertz CT molecular complexity index is 825. The highest BCUT2D eigenvalue weighted by Crippen LogP contribution is 2.29. The summed E-state index contributed by atoms with van der Waals surface area (Å²) in [4.78, 5) is 0. The molecule has 0 aliphatic rings. The molecule has 0 unspecified atom stereocenters. The molecule has 3 aromatic rings. The maximum absolute atomic E-state index is 9.44. The van der Waals surface area contributed by atoms with Gasteiger partial charge in [-0.2, -0.15) is 5.26 Å². The highest BCUT2D eigenvalue weighted by atomic mass is 35.5. The molecule has 0 aliphatic heterocycles. The van der Waals surface area contributed by atoms with Crippen molar-refractivity contribution in [2.24, 2.45) is 7.05 Å². The lowest BCUT2D eigenvalue weighted by atomic mass is 10.0. The first-order valence-corrected chi connectivity index (χ1v) is 6.80. The van der Waals surface area contributed by atoms with E-state index in [1.165, 1.54) is 0 Å². The molecular formula is C17H13ClN2. The number of aryl methyl sites for hydroxylation is 1. The summed E-state index contributed by atoms with van der Waals surface area (Å²) >= 11 is 6.24. The quantitative estimate of drug-likeness (QED) is 0.688. The summed E-state index contributed by atoms with van der Waals surface area (Å²) in [6.07, 6.45) is 0.671. The Balaban J connectivity index is 2.21. The first-order valence-electron chi connectivity index (χ1n) is 6.42. The van der Waals surface area contributed by atoms with Gasteiger partial charge in [0.2, 0.25) is 0 Å². The highest BCUT2D eigenvalue weighted by Gasteiger charge is 2.15. The minimum absolute atomic E-state index is 0.671. The van der Waals surface area contributed by atoms with Crippen molar-refractivity contribution < 1.29 is 0 Å². The van der Waals surface area contributed by atoms with Crippen LogP contribution in [-0.4, -0.2) is 4.57 Å². The number of nitrogens with zero attached hydrogens (tertiary/aromatic N) is 2. The third-order valence-electron chi connectivity index (χ3n) is 3.64.